The van der Waals surface area contributed by atoms with E-state index < -0.39 is 27.4 Å². The Hall–Kier alpha value is -2.36. The molecule has 0 aliphatic rings. The van der Waals surface area contributed by atoms with Crippen molar-refractivity contribution in [3.05, 3.63) is 28.3 Å². The number of ether oxygens (including phenoxy) is 1. The largest absolute Gasteiger partial charge is 0.495 e. The second-order valence-corrected chi connectivity index (χ2v) is 8.51. The van der Waals surface area contributed by atoms with Crippen molar-refractivity contribution in [1.82, 2.24) is 5.32 Å². The zero-order valence-corrected chi connectivity index (χ0v) is 17.6. The number of nitro benzene ring substituents is 1. The Labute approximate surface area is 166 Å². The van der Waals surface area contributed by atoms with Crippen LogP contribution in [0.2, 0.25) is 0 Å². The van der Waals surface area contributed by atoms with E-state index in [1.54, 1.807) is 0 Å². The van der Waals surface area contributed by atoms with Crippen LogP contribution >= 0.6 is 0 Å². The number of anilines is 1. The van der Waals surface area contributed by atoms with Gasteiger partial charge >= 0.3 is 0 Å². The third kappa shape index (κ3) is 6.99. The first-order chi connectivity index (χ1) is 13.1. The molecule has 0 bridgehead atoms. The minimum Gasteiger partial charge on any atom is -0.495 e. The third-order valence-corrected chi connectivity index (χ3v) is 5.59. The summed E-state index contributed by atoms with van der Waals surface area (Å²) in [5.41, 5.74) is -0.345. The van der Waals surface area contributed by atoms with Gasteiger partial charge in [-0.15, -0.1) is 0 Å². The van der Waals surface area contributed by atoms with Crippen molar-refractivity contribution >= 4 is 27.3 Å². The molecule has 0 aliphatic carbocycles. The minimum atomic E-state index is -3.88. The molecular weight excluding hydrogens is 386 g/mol. The van der Waals surface area contributed by atoms with E-state index in [0.717, 1.165) is 42.3 Å². The first-order valence-electron chi connectivity index (χ1n) is 9.20. The number of unbranched alkanes of at least 4 members (excludes halogenated alkanes) is 1. The van der Waals surface area contributed by atoms with Crippen molar-refractivity contribution in [1.29, 1.82) is 0 Å². The molecule has 1 rings (SSSR count). The Morgan fingerprint density at radius 1 is 1.36 bits per heavy atom. The number of methoxy groups -OCH3 is 1. The van der Waals surface area contributed by atoms with E-state index in [9.17, 15) is 23.3 Å². The standard InChI is InChI=1S/C18H29N3O6S/c1-5-7-8-14(6-2)12-19-18(22)13-20(28(4,25)26)16-11-15(21(23)24)9-10-17(16)27-3/h9-11,14H,5-8,12-13H2,1-4H3,(H,19,22). The van der Waals surface area contributed by atoms with Gasteiger partial charge in [-0.3, -0.25) is 19.2 Å². The lowest BCUT2D eigenvalue weighted by Gasteiger charge is -2.24. The number of nitrogens with zero attached hydrogens (tertiary/aromatic N) is 2. The van der Waals surface area contributed by atoms with E-state index in [1.807, 2.05) is 6.92 Å². The molecular formula is C18H29N3O6S. The Kier molecular flexibility index (Phi) is 9.17. The molecule has 1 aromatic rings. The molecule has 158 valence electrons. The second kappa shape index (κ2) is 10.8. The molecule has 1 amide bonds. The highest BCUT2D eigenvalue weighted by Gasteiger charge is 2.26. The summed E-state index contributed by atoms with van der Waals surface area (Å²) in [5.74, 6) is -0.0323. The highest BCUT2D eigenvalue weighted by Crippen LogP contribution is 2.33. The zero-order valence-electron chi connectivity index (χ0n) is 16.8. The number of nitrogens with one attached hydrogen (secondary N) is 1. The molecule has 9 nitrogen and oxygen atoms in total. The van der Waals surface area contributed by atoms with Crippen molar-refractivity contribution in [3.8, 4) is 5.75 Å². The number of benzene rings is 1. The zero-order chi connectivity index (χ0) is 21.3. The van der Waals surface area contributed by atoms with E-state index in [4.69, 9.17) is 4.74 Å². The van der Waals surface area contributed by atoms with Crippen molar-refractivity contribution in [3.63, 3.8) is 0 Å². The SMILES string of the molecule is CCCCC(CC)CNC(=O)CN(c1cc([N+](=O)[O-])ccc1OC)S(C)(=O)=O. The number of sulfonamides is 1. The number of nitro groups is 1. The number of carbonyl (C=O) groups is 1. The molecule has 1 atom stereocenters. The maximum absolute atomic E-state index is 12.4. The molecule has 0 fully saturated rings. The van der Waals surface area contributed by atoms with E-state index in [2.05, 4.69) is 12.2 Å². The average molecular weight is 416 g/mol. The third-order valence-electron chi connectivity index (χ3n) is 4.46. The number of amides is 1. The molecule has 1 aromatic carbocycles. The number of carbonyl (C=O) groups excluding carboxylic acids is 1. The Balaban J connectivity index is 3.03. The summed E-state index contributed by atoms with van der Waals surface area (Å²) in [5, 5.41) is 13.8. The van der Waals surface area contributed by atoms with E-state index in [-0.39, 0.29) is 17.1 Å². The van der Waals surface area contributed by atoms with Gasteiger partial charge in [-0.2, -0.15) is 0 Å². The van der Waals surface area contributed by atoms with Gasteiger partial charge < -0.3 is 10.1 Å². The quantitative estimate of drug-likeness (QED) is 0.414. The number of hydrogen-bond acceptors (Lipinski definition) is 6. The van der Waals surface area contributed by atoms with Gasteiger partial charge in [-0.25, -0.2) is 8.42 Å². The maximum atomic E-state index is 12.4. The van der Waals surface area contributed by atoms with Gasteiger partial charge in [0, 0.05) is 18.7 Å². The molecule has 0 saturated carbocycles. The highest BCUT2D eigenvalue weighted by atomic mass is 32.2. The summed E-state index contributed by atoms with van der Waals surface area (Å²) in [6.07, 6.45) is 4.97. The summed E-state index contributed by atoms with van der Waals surface area (Å²) in [4.78, 5) is 22.8. The summed E-state index contributed by atoms with van der Waals surface area (Å²) < 4.78 is 30.5. The van der Waals surface area contributed by atoms with E-state index >= 15 is 0 Å². The second-order valence-electron chi connectivity index (χ2n) is 6.60. The van der Waals surface area contributed by atoms with Gasteiger partial charge in [0.15, 0.2) is 0 Å². The molecule has 0 saturated heterocycles. The monoisotopic (exact) mass is 415 g/mol. The van der Waals surface area contributed by atoms with Gasteiger partial charge in [-0.05, 0) is 18.4 Å². The molecule has 28 heavy (non-hydrogen) atoms. The molecule has 1 unspecified atom stereocenters. The van der Waals surface area contributed by atoms with Crippen molar-refractivity contribution in [2.45, 2.75) is 39.5 Å². The normalized spacial score (nSPS) is 12.3. The molecule has 0 aliphatic heterocycles. The van der Waals surface area contributed by atoms with Gasteiger partial charge in [0.2, 0.25) is 15.9 Å². The lowest BCUT2D eigenvalue weighted by Crippen LogP contribution is -2.41. The van der Waals surface area contributed by atoms with Crippen LogP contribution in [0.1, 0.15) is 39.5 Å². The molecule has 0 heterocycles. The van der Waals surface area contributed by atoms with Crippen LogP contribution in [0.3, 0.4) is 0 Å². The fraction of sp³-hybridized carbons (Fsp3) is 0.611. The maximum Gasteiger partial charge on any atom is 0.271 e. The lowest BCUT2D eigenvalue weighted by atomic mass is 9.99. The van der Waals surface area contributed by atoms with Crippen LogP contribution in [-0.4, -0.2) is 45.7 Å². The van der Waals surface area contributed by atoms with Crippen molar-refractivity contribution < 1.29 is 22.9 Å². The van der Waals surface area contributed by atoms with E-state index in [0.29, 0.717) is 12.5 Å². The Morgan fingerprint density at radius 3 is 2.54 bits per heavy atom. The first kappa shape index (κ1) is 23.7. The van der Waals surface area contributed by atoms with Crippen molar-refractivity contribution in [2.75, 3.05) is 30.8 Å². The fourth-order valence-corrected chi connectivity index (χ4v) is 3.61. The molecule has 1 N–H and O–H groups in total. The molecule has 0 radical (unpaired) electrons. The lowest BCUT2D eigenvalue weighted by molar-refractivity contribution is -0.384. The van der Waals surface area contributed by atoms with Crippen molar-refractivity contribution in [2.24, 2.45) is 5.92 Å². The molecule has 0 spiro atoms. The highest BCUT2D eigenvalue weighted by molar-refractivity contribution is 7.92. The number of hydrogen-bond donors (Lipinski definition) is 1. The molecule has 10 heteroatoms. The average Bonchev–Trinajstić information content (AvgIpc) is 2.64. The first-order valence-corrected chi connectivity index (χ1v) is 11.1. The predicted molar refractivity (Wildman–Crippen MR) is 108 cm³/mol. The van der Waals surface area contributed by atoms with Crippen LogP contribution in [0.25, 0.3) is 0 Å². The predicted octanol–water partition coefficient (Wildman–Crippen LogP) is 2.70. The smallest absolute Gasteiger partial charge is 0.271 e. The van der Waals surface area contributed by atoms with Gasteiger partial charge in [-0.1, -0.05) is 33.1 Å². The number of non-ortho nitro benzene ring substituents is 1. The summed E-state index contributed by atoms with van der Waals surface area (Å²) >= 11 is 0. The van der Waals surface area contributed by atoms with E-state index in [1.165, 1.54) is 19.2 Å². The van der Waals surface area contributed by atoms with Gasteiger partial charge in [0.1, 0.15) is 18.0 Å². The minimum absolute atomic E-state index is 0.0487. The van der Waals surface area contributed by atoms with Gasteiger partial charge in [0.25, 0.3) is 5.69 Å². The van der Waals surface area contributed by atoms with Crippen LogP contribution in [-0.2, 0) is 14.8 Å². The summed E-state index contributed by atoms with van der Waals surface area (Å²) in [7, 11) is -2.55. The summed E-state index contributed by atoms with van der Waals surface area (Å²) in [6.45, 7) is 4.12. The Morgan fingerprint density at radius 2 is 2.04 bits per heavy atom. The fourth-order valence-electron chi connectivity index (χ4n) is 2.76. The van der Waals surface area contributed by atoms with Crippen LogP contribution < -0.4 is 14.4 Å². The summed E-state index contributed by atoms with van der Waals surface area (Å²) in [6, 6.07) is 3.60. The van der Waals surface area contributed by atoms with Crippen LogP contribution in [0.5, 0.6) is 5.75 Å². The van der Waals surface area contributed by atoms with Gasteiger partial charge in [0.05, 0.1) is 18.3 Å². The molecule has 0 aromatic heterocycles. The number of rotatable bonds is 12. The Bertz CT molecular complexity index is 782. The van der Waals surface area contributed by atoms with Crippen LogP contribution in [0.4, 0.5) is 11.4 Å². The topological polar surface area (TPSA) is 119 Å². The van der Waals surface area contributed by atoms with Crippen LogP contribution in [0.15, 0.2) is 18.2 Å². The van der Waals surface area contributed by atoms with Crippen LogP contribution in [0, 0.1) is 16.0 Å².